The van der Waals surface area contributed by atoms with E-state index in [0.29, 0.717) is 43.6 Å². The Morgan fingerprint density at radius 1 is 1.04 bits per heavy atom. The molecule has 2 heterocycles. The van der Waals surface area contributed by atoms with Crippen molar-refractivity contribution in [2.75, 3.05) is 24.5 Å². The Kier molecular flexibility index (Phi) is 5.92. The van der Waals surface area contributed by atoms with Gasteiger partial charge in [-0.1, -0.05) is 12.8 Å². The minimum atomic E-state index is -4.75. The molecule has 0 aromatic heterocycles. The molecule has 1 fully saturated rings. The van der Waals surface area contributed by atoms with Gasteiger partial charge in [0.05, 0.1) is 0 Å². The first kappa shape index (κ1) is 19.5. The summed E-state index contributed by atoms with van der Waals surface area (Å²) in [5.41, 5.74) is 1.25. The predicted octanol–water partition coefficient (Wildman–Crippen LogP) is 3.66. The highest BCUT2D eigenvalue weighted by Gasteiger charge is 2.32. The van der Waals surface area contributed by atoms with Crippen molar-refractivity contribution in [2.45, 2.75) is 51.3 Å². The van der Waals surface area contributed by atoms with Crippen LogP contribution in [0.5, 0.6) is 5.75 Å². The number of aryl methyl sites for hydroxylation is 1. The number of alkyl halides is 3. The lowest BCUT2D eigenvalue weighted by molar-refractivity contribution is -0.274. The molecule has 1 aromatic carbocycles. The Bertz CT molecular complexity index is 706. The summed E-state index contributed by atoms with van der Waals surface area (Å²) < 4.78 is 41.2. The van der Waals surface area contributed by atoms with Gasteiger partial charge in [0, 0.05) is 25.2 Å². The topological polar surface area (TPSA) is 49.9 Å². The summed E-state index contributed by atoms with van der Waals surface area (Å²) in [6.07, 6.45) is 0.763. The van der Waals surface area contributed by atoms with Gasteiger partial charge in [-0.3, -0.25) is 9.59 Å². The first-order valence-electron chi connectivity index (χ1n) is 9.30. The highest BCUT2D eigenvalue weighted by atomic mass is 19.4. The van der Waals surface area contributed by atoms with Crippen molar-refractivity contribution in [1.29, 1.82) is 0 Å². The summed E-state index contributed by atoms with van der Waals surface area (Å²) in [7, 11) is 0. The van der Waals surface area contributed by atoms with Crippen molar-refractivity contribution in [3.63, 3.8) is 0 Å². The molecule has 0 spiro atoms. The molecule has 0 atom stereocenters. The van der Waals surface area contributed by atoms with Crippen LogP contribution in [0.25, 0.3) is 0 Å². The molecule has 0 radical (unpaired) electrons. The number of benzene rings is 1. The van der Waals surface area contributed by atoms with Crippen LogP contribution in [0.15, 0.2) is 18.2 Å². The van der Waals surface area contributed by atoms with Crippen molar-refractivity contribution in [1.82, 2.24) is 4.90 Å². The number of carbonyl (C=O) groups excluding carboxylic acids is 2. The van der Waals surface area contributed by atoms with Gasteiger partial charge in [-0.25, -0.2) is 0 Å². The molecule has 2 aliphatic rings. The highest BCUT2D eigenvalue weighted by molar-refractivity contribution is 5.97. The van der Waals surface area contributed by atoms with Crippen LogP contribution in [-0.2, 0) is 16.0 Å². The molecule has 2 aliphatic heterocycles. The molecule has 0 aliphatic carbocycles. The van der Waals surface area contributed by atoms with E-state index in [1.165, 1.54) is 18.2 Å². The van der Waals surface area contributed by atoms with Crippen molar-refractivity contribution >= 4 is 17.5 Å². The largest absolute Gasteiger partial charge is 0.573 e. The summed E-state index contributed by atoms with van der Waals surface area (Å²) in [5, 5.41) is 0. The summed E-state index contributed by atoms with van der Waals surface area (Å²) >= 11 is 0. The molecule has 1 aromatic rings. The van der Waals surface area contributed by atoms with Crippen molar-refractivity contribution in [3.05, 3.63) is 23.8 Å². The maximum atomic E-state index is 12.8. The van der Waals surface area contributed by atoms with Crippen LogP contribution in [0.1, 0.15) is 44.1 Å². The van der Waals surface area contributed by atoms with Gasteiger partial charge in [-0.2, -0.15) is 0 Å². The van der Waals surface area contributed by atoms with E-state index in [4.69, 9.17) is 0 Å². The molecule has 0 bridgehead atoms. The van der Waals surface area contributed by atoms with Gasteiger partial charge in [0.15, 0.2) is 0 Å². The number of fused-ring (bicyclic) bond motifs is 1. The van der Waals surface area contributed by atoms with Gasteiger partial charge in [-0.05, 0) is 49.4 Å². The van der Waals surface area contributed by atoms with Crippen LogP contribution in [0.2, 0.25) is 0 Å². The normalized spacial score (nSPS) is 18.6. The fraction of sp³-hybridized carbons (Fsp3) is 0.579. The lowest BCUT2D eigenvalue weighted by Crippen LogP contribution is -2.45. The third kappa shape index (κ3) is 5.14. The molecule has 5 nitrogen and oxygen atoms in total. The first-order valence-corrected chi connectivity index (χ1v) is 9.30. The number of amides is 2. The Labute approximate surface area is 156 Å². The lowest BCUT2D eigenvalue weighted by atomic mass is 10.0. The van der Waals surface area contributed by atoms with E-state index in [1.54, 1.807) is 9.80 Å². The Balaban J connectivity index is 1.72. The maximum Gasteiger partial charge on any atom is 0.573 e. The molecular formula is C19H23F3N2O3. The van der Waals surface area contributed by atoms with E-state index < -0.39 is 6.36 Å². The molecule has 3 rings (SSSR count). The number of halogens is 3. The first-order chi connectivity index (χ1) is 12.8. The number of nitrogens with zero attached hydrogens (tertiary/aromatic N) is 2. The van der Waals surface area contributed by atoms with Crippen LogP contribution in [0.3, 0.4) is 0 Å². The minimum absolute atomic E-state index is 0.00536. The zero-order valence-corrected chi connectivity index (χ0v) is 15.1. The van der Waals surface area contributed by atoms with Gasteiger partial charge < -0.3 is 14.5 Å². The molecule has 2 amide bonds. The second kappa shape index (κ2) is 8.19. The molecule has 148 valence electrons. The number of likely N-dealkylation sites (tertiary alicyclic amines) is 1. The SMILES string of the molecule is O=C1CCCCCCN1CC(=O)N1CCCc2cc(OC(F)(F)F)ccc21. The number of hydrogen-bond donors (Lipinski definition) is 0. The maximum absolute atomic E-state index is 12.8. The zero-order valence-electron chi connectivity index (χ0n) is 15.1. The van der Waals surface area contributed by atoms with Gasteiger partial charge >= 0.3 is 6.36 Å². The van der Waals surface area contributed by atoms with E-state index >= 15 is 0 Å². The molecule has 0 saturated carbocycles. The number of hydrogen-bond acceptors (Lipinski definition) is 3. The highest BCUT2D eigenvalue weighted by Crippen LogP contribution is 2.33. The lowest BCUT2D eigenvalue weighted by Gasteiger charge is -2.32. The van der Waals surface area contributed by atoms with E-state index in [0.717, 1.165) is 25.7 Å². The minimum Gasteiger partial charge on any atom is -0.406 e. The van der Waals surface area contributed by atoms with Crippen LogP contribution >= 0.6 is 0 Å². The fourth-order valence-electron chi connectivity index (χ4n) is 3.66. The summed E-state index contributed by atoms with van der Waals surface area (Å²) in [6.45, 7) is 1.08. The van der Waals surface area contributed by atoms with Gasteiger partial charge in [-0.15, -0.1) is 13.2 Å². The third-order valence-electron chi connectivity index (χ3n) is 4.95. The van der Waals surface area contributed by atoms with Crippen LogP contribution < -0.4 is 9.64 Å². The third-order valence-corrected chi connectivity index (χ3v) is 4.95. The van der Waals surface area contributed by atoms with Crippen molar-refractivity contribution in [2.24, 2.45) is 0 Å². The molecular weight excluding hydrogens is 361 g/mol. The summed E-state index contributed by atoms with van der Waals surface area (Å²) in [6, 6.07) is 4.05. The fourth-order valence-corrected chi connectivity index (χ4v) is 3.66. The van der Waals surface area contributed by atoms with E-state index in [1.807, 2.05) is 0 Å². The molecule has 1 saturated heterocycles. The van der Waals surface area contributed by atoms with Crippen molar-refractivity contribution < 1.29 is 27.5 Å². The Morgan fingerprint density at radius 3 is 2.59 bits per heavy atom. The average molecular weight is 384 g/mol. The molecule has 0 N–H and O–H groups in total. The van der Waals surface area contributed by atoms with Gasteiger partial charge in [0.1, 0.15) is 12.3 Å². The number of anilines is 1. The quantitative estimate of drug-likeness (QED) is 0.799. The van der Waals surface area contributed by atoms with Crippen LogP contribution in [0, 0.1) is 0 Å². The second-order valence-corrected chi connectivity index (χ2v) is 6.97. The standard InChI is InChI=1S/C19H23F3N2O3/c20-19(21,22)27-15-8-9-16-14(12-15)6-5-11-24(16)18(26)13-23-10-4-2-1-3-7-17(23)25/h8-9,12H,1-7,10-11,13H2. The Hall–Kier alpha value is -2.25. The predicted molar refractivity (Wildman–Crippen MR) is 93.5 cm³/mol. The zero-order chi connectivity index (χ0) is 19.4. The van der Waals surface area contributed by atoms with Crippen LogP contribution in [-0.4, -0.2) is 42.7 Å². The van der Waals surface area contributed by atoms with E-state index in [2.05, 4.69) is 4.74 Å². The average Bonchev–Trinajstić information content (AvgIpc) is 2.59. The van der Waals surface area contributed by atoms with Crippen molar-refractivity contribution in [3.8, 4) is 5.75 Å². The monoisotopic (exact) mass is 384 g/mol. The van der Waals surface area contributed by atoms with Crippen LogP contribution in [0.4, 0.5) is 18.9 Å². The molecule has 27 heavy (non-hydrogen) atoms. The number of ether oxygens (including phenoxy) is 1. The summed E-state index contributed by atoms with van der Waals surface area (Å²) in [4.78, 5) is 28.2. The smallest absolute Gasteiger partial charge is 0.406 e. The van der Waals surface area contributed by atoms with E-state index in [-0.39, 0.29) is 24.1 Å². The summed E-state index contributed by atoms with van der Waals surface area (Å²) in [5.74, 6) is -0.488. The number of rotatable bonds is 3. The molecule has 8 heteroatoms. The molecule has 0 unspecified atom stereocenters. The second-order valence-electron chi connectivity index (χ2n) is 6.97. The van der Waals surface area contributed by atoms with E-state index in [9.17, 15) is 22.8 Å². The van der Waals surface area contributed by atoms with Gasteiger partial charge in [0.2, 0.25) is 11.8 Å². The number of carbonyl (C=O) groups is 2. The van der Waals surface area contributed by atoms with Gasteiger partial charge in [0.25, 0.3) is 0 Å². The Morgan fingerprint density at radius 2 is 1.81 bits per heavy atom.